The van der Waals surface area contributed by atoms with Crippen LogP contribution in [0.3, 0.4) is 0 Å². The van der Waals surface area contributed by atoms with E-state index in [-0.39, 0.29) is 0 Å². The summed E-state index contributed by atoms with van der Waals surface area (Å²) >= 11 is 0. The maximum atomic E-state index is 4.34. The van der Waals surface area contributed by atoms with Gasteiger partial charge < -0.3 is 0 Å². The van der Waals surface area contributed by atoms with Gasteiger partial charge >= 0.3 is 0 Å². The highest BCUT2D eigenvalue weighted by molar-refractivity contribution is 5.70. The molecule has 1 fully saturated rings. The van der Waals surface area contributed by atoms with Crippen LogP contribution in [0.4, 0.5) is 0 Å². The number of aliphatic imine (C=N–C) groups is 1. The minimum Gasteiger partial charge on any atom is -0.269 e. The van der Waals surface area contributed by atoms with Crippen LogP contribution in [0.25, 0.3) is 0 Å². The summed E-state index contributed by atoms with van der Waals surface area (Å²) < 4.78 is 0. The third kappa shape index (κ3) is 1.77. The monoisotopic (exact) mass is 191 g/mol. The first kappa shape index (κ1) is 9.95. The van der Waals surface area contributed by atoms with E-state index in [0.717, 1.165) is 5.92 Å². The predicted molar refractivity (Wildman–Crippen MR) is 61.5 cm³/mol. The highest BCUT2D eigenvalue weighted by Gasteiger charge is 2.52. The van der Waals surface area contributed by atoms with E-state index in [1.54, 1.807) is 5.57 Å². The van der Waals surface area contributed by atoms with E-state index in [1.807, 2.05) is 0 Å². The van der Waals surface area contributed by atoms with E-state index in [0.29, 0.717) is 5.41 Å². The second-order valence-electron chi connectivity index (χ2n) is 4.99. The Kier molecular flexibility index (Phi) is 2.76. The van der Waals surface area contributed by atoms with E-state index < -0.39 is 0 Å². The number of allylic oxidation sites excluding steroid dienone is 1. The van der Waals surface area contributed by atoms with E-state index in [4.69, 9.17) is 0 Å². The van der Waals surface area contributed by atoms with Gasteiger partial charge in [-0.1, -0.05) is 33.1 Å². The molecule has 1 heteroatoms. The van der Waals surface area contributed by atoms with E-state index >= 15 is 0 Å². The maximum Gasteiger partial charge on any atom is 0.0261 e. The first-order chi connectivity index (χ1) is 6.77. The van der Waals surface area contributed by atoms with Crippen molar-refractivity contribution in [3.8, 4) is 0 Å². The smallest absolute Gasteiger partial charge is 0.0261 e. The van der Waals surface area contributed by atoms with Gasteiger partial charge in [-0.2, -0.15) is 0 Å². The van der Waals surface area contributed by atoms with Gasteiger partial charge in [0.25, 0.3) is 0 Å². The molecule has 0 aromatic rings. The van der Waals surface area contributed by atoms with Crippen LogP contribution in [0.2, 0.25) is 0 Å². The number of hydrogen-bond acceptors (Lipinski definition) is 1. The number of nitrogens with zero attached hydrogens (tertiary/aromatic N) is 1. The summed E-state index contributed by atoms with van der Waals surface area (Å²) in [5.74, 6) is 0.772. The number of fused-ring (bicyclic) bond motifs is 1. The molecular formula is C13H21N. The quantitative estimate of drug-likeness (QED) is 0.583. The fourth-order valence-corrected chi connectivity index (χ4v) is 2.46. The van der Waals surface area contributed by atoms with Crippen molar-refractivity contribution >= 4 is 6.21 Å². The zero-order chi connectivity index (χ0) is 10.0. The predicted octanol–water partition coefficient (Wildman–Crippen LogP) is 3.95. The first-order valence-corrected chi connectivity index (χ1v) is 6.00. The highest BCUT2D eigenvalue weighted by Crippen LogP contribution is 2.58. The first-order valence-electron chi connectivity index (χ1n) is 6.00. The summed E-state index contributed by atoms with van der Waals surface area (Å²) in [6.07, 6.45) is 12.3. The minimum absolute atomic E-state index is 0.522. The number of rotatable bonds is 5. The van der Waals surface area contributed by atoms with Crippen LogP contribution in [0, 0.1) is 11.3 Å². The van der Waals surface area contributed by atoms with Gasteiger partial charge in [0.05, 0.1) is 0 Å². The van der Waals surface area contributed by atoms with Crippen molar-refractivity contribution < 1.29 is 0 Å². The van der Waals surface area contributed by atoms with E-state index in [2.05, 4.69) is 31.3 Å². The molecule has 1 aliphatic carbocycles. The molecule has 1 nitrogen and oxygen atoms in total. The Morgan fingerprint density at radius 1 is 1.43 bits per heavy atom. The average molecular weight is 191 g/mol. The molecule has 0 spiro atoms. The molecule has 2 atom stereocenters. The standard InChI is InChI=1S/C13H21N/c1-3-4-5-6-7-11-9-14-10-12-8-13(11,12)2/h9-10,12H,3-8H2,1-2H3. The van der Waals surface area contributed by atoms with Gasteiger partial charge in [-0.3, -0.25) is 4.99 Å². The Labute approximate surface area is 87.3 Å². The van der Waals surface area contributed by atoms with Gasteiger partial charge in [0.1, 0.15) is 0 Å². The molecule has 0 aromatic carbocycles. The molecule has 0 bridgehead atoms. The molecule has 0 N–H and O–H groups in total. The Morgan fingerprint density at radius 3 is 3.07 bits per heavy atom. The maximum absolute atomic E-state index is 4.34. The van der Waals surface area contributed by atoms with Crippen molar-refractivity contribution in [1.29, 1.82) is 0 Å². The lowest BCUT2D eigenvalue weighted by Gasteiger charge is -2.17. The Bertz CT molecular complexity index is 264. The molecule has 1 heterocycles. The summed E-state index contributed by atoms with van der Waals surface area (Å²) in [5, 5.41) is 0. The van der Waals surface area contributed by atoms with Crippen molar-refractivity contribution in [2.75, 3.05) is 0 Å². The van der Waals surface area contributed by atoms with Crippen LogP contribution < -0.4 is 0 Å². The van der Waals surface area contributed by atoms with Gasteiger partial charge in [-0.25, -0.2) is 0 Å². The molecule has 2 unspecified atom stereocenters. The molecule has 1 aliphatic heterocycles. The van der Waals surface area contributed by atoms with Crippen LogP contribution in [-0.2, 0) is 0 Å². The van der Waals surface area contributed by atoms with Crippen molar-refractivity contribution in [3.05, 3.63) is 11.8 Å². The van der Waals surface area contributed by atoms with E-state index in [1.165, 1.54) is 38.5 Å². The number of unbranched alkanes of at least 4 members (excludes halogenated alkanes) is 3. The van der Waals surface area contributed by atoms with Crippen molar-refractivity contribution in [2.45, 2.75) is 52.4 Å². The third-order valence-electron chi connectivity index (χ3n) is 3.83. The molecule has 2 aliphatic rings. The summed E-state index contributed by atoms with van der Waals surface area (Å²) in [6, 6.07) is 0. The van der Waals surface area contributed by atoms with Gasteiger partial charge in [0.15, 0.2) is 0 Å². The molecule has 0 amide bonds. The largest absolute Gasteiger partial charge is 0.269 e. The second kappa shape index (κ2) is 3.88. The van der Waals surface area contributed by atoms with Crippen molar-refractivity contribution in [1.82, 2.24) is 0 Å². The molecule has 0 saturated heterocycles. The lowest BCUT2D eigenvalue weighted by Crippen LogP contribution is -2.07. The highest BCUT2D eigenvalue weighted by atomic mass is 14.8. The zero-order valence-electron chi connectivity index (χ0n) is 9.42. The lowest BCUT2D eigenvalue weighted by molar-refractivity contribution is 0.576. The fraction of sp³-hybridized carbons (Fsp3) is 0.769. The Balaban J connectivity index is 1.80. The average Bonchev–Trinajstić information content (AvgIpc) is 2.85. The SMILES string of the molecule is CCCCCCC1=CN=CC2CC12C. The van der Waals surface area contributed by atoms with Gasteiger partial charge in [0.2, 0.25) is 0 Å². The topological polar surface area (TPSA) is 12.4 Å². The van der Waals surface area contributed by atoms with Gasteiger partial charge in [0, 0.05) is 18.3 Å². The van der Waals surface area contributed by atoms with Crippen LogP contribution in [0.15, 0.2) is 16.8 Å². The van der Waals surface area contributed by atoms with Gasteiger partial charge in [-0.05, 0) is 30.3 Å². The molecule has 1 saturated carbocycles. The summed E-state index contributed by atoms with van der Waals surface area (Å²) in [5.41, 5.74) is 2.13. The summed E-state index contributed by atoms with van der Waals surface area (Å²) in [7, 11) is 0. The Hall–Kier alpha value is -0.590. The van der Waals surface area contributed by atoms with Crippen LogP contribution in [0.5, 0.6) is 0 Å². The fourth-order valence-electron chi connectivity index (χ4n) is 2.46. The van der Waals surface area contributed by atoms with Crippen LogP contribution in [0.1, 0.15) is 52.4 Å². The molecule has 0 aromatic heterocycles. The van der Waals surface area contributed by atoms with E-state index in [9.17, 15) is 0 Å². The summed E-state index contributed by atoms with van der Waals surface area (Å²) in [6.45, 7) is 4.66. The van der Waals surface area contributed by atoms with Crippen molar-refractivity contribution in [2.24, 2.45) is 16.3 Å². The van der Waals surface area contributed by atoms with Crippen LogP contribution >= 0.6 is 0 Å². The summed E-state index contributed by atoms with van der Waals surface area (Å²) in [4.78, 5) is 4.34. The number of hydrogen-bond donors (Lipinski definition) is 0. The zero-order valence-corrected chi connectivity index (χ0v) is 9.42. The Morgan fingerprint density at radius 2 is 2.29 bits per heavy atom. The van der Waals surface area contributed by atoms with Crippen LogP contribution in [-0.4, -0.2) is 6.21 Å². The molecule has 14 heavy (non-hydrogen) atoms. The van der Waals surface area contributed by atoms with Gasteiger partial charge in [-0.15, -0.1) is 0 Å². The third-order valence-corrected chi connectivity index (χ3v) is 3.83. The lowest BCUT2D eigenvalue weighted by atomic mass is 9.90. The minimum atomic E-state index is 0.522. The molecular weight excluding hydrogens is 170 g/mol. The second-order valence-corrected chi connectivity index (χ2v) is 4.99. The molecule has 0 radical (unpaired) electrons. The van der Waals surface area contributed by atoms with Crippen molar-refractivity contribution in [3.63, 3.8) is 0 Å². The molecule has 2 rings (SSSR count). The molecule has 78 valence electrons. The normalized spacial score (nSPS) is 33.9.